The fourth-order valence-corrected chi connectivity index (χ4v) is 2.52. The molecule has 114 valence electrons. The number of methoxy groups -OCH3 is 1. The van der Waals surface area contributed by atoms with Crippen LogP contribution in [0.1, 0.15) is 20.8 Å². The van der Waals surface area contributed by atoms with Gasteiger partial charge in [0.05, 0.1) is 18.2 Å². The zero-order chi connectivity index (χ0) is 15.2. The summed E-state index contributed by atoms with van der Waals surface area (Å²) < 4.78 is 5.30. The number of hydrogen-bond acceptors (Lipinski definition) is 5. The van der Waals surface area contributed by atoms with Crippen molar-refractivity contribution in [3.05, 3.63) is 24.3 Å². The van der Waals surface area contributed by atoms with E-state index < -0.39 is 0 Å². The second-order valence-electron chi connectivity index (χ2n) is 5.01. The summed E-state index contributed by atoms with van der Waals surface area (Å²) in [6.07, 6.45) is 0. The smallest absolute Gasteiger partial charge is 0.225 e. The predicted molar refractivity (Wildman–Crippen MR) is 88.1 cm³/mol. The van der Waals surface area contributed by atoms with E-state index >= 15 is 0 Å². The number of nitrogens with zero attached hydrogens (tertiary/aromatic N) is 3. The summed E-state index contributed by atoms with van der Waals surface area (Å²) in [5, 5.41) is 4.28. The summed E-state index contributed by atoms with van der Waals surface area (Å²) in [6.45, 7) is 8.67. The topological polar surface area (TPSA) is 50.3 Å². The third kappa shape index (κ3) is 3.42. The van der Waals surface area contributed by atoms with Crippen molar-refractivity contribution in [3.8, 4) is 0 Å². The first-order valence-electron chi connectivity index (χ1n) is 7.47. The van der Waals surface area contributed by atoms with E-state index in [0.717, 1.165) is 29.8 Å². The van der Waals surface area contributed by atoms with Gasteiger partial charge in [0.2, 0.25) is 5.95 Å². The lowest BCUT2D eigenvalue weighted by molar-refractivity contribution is 0.182. The van der Waals surface area contributed by atoms with E-state index in [4.69, 9.17) is 9.72 Å². The lowest BCUT2D eigenvalue weighted by Gasteiger charge is -2.29. The molecule has 1 N–H and O–H groups in total. The highest BCUT2D eigenvalue weighted by Gasteiger charge is 2.18. The van der Waals surface area contributed by atoms with Crippen molar-refractivity contribution in [2.75, 3.05) is 37.0 Å². The summed E-state index contributed by atoms with van der Waals surface area (Å²) in [5.74, 6) is 1.64. The van der Waals surface area contributed by atoms with Gasteiger partial charge in [-0.2, -0.15) is 4.98 Å². The van der Waals surface area contributed by atoms with Crippen LogP contribution in [0.4, 0.5) is 11.8 Å². The van der Waals surface area contributed by atoms with E-state index in [0.29, 0.717) is 12.6 Å². The van der Waals surface area contributed by atoms with Crippen molar-refractivity contribution >= 4 is 22.7 Å². The van der Waals surface area contributed by atoms with E-state index in [1.807, 2.05) is 25.1 Å². The SMILES string of the molecule is CCNc1nc(N(CC)C(C)COC)c2ccccc2n1. The quantitative estimate of drug-likeness (QED) is 0.849. The van der Waals surface area contributed by atoms with E-state index in [-0.39, 0.29) is 6.04 Å². The van der Waals surface area contributed by atoms with Crippen LogP contribution in [0.25, 0.3) is 10.9 Å². The molecule has 2 aromatic rings. The van der Waals surface area contributed by atoms with Crippen LogP contribution in [0.5, 0.6) is 0 Å². The maximum Gasteiger partial charge on any atom is 0.225 e. The third-order valence-corrected chi connectivity index (χ3v) is 3.47. The van der Waals surface area contributed by atoms with Gasteiger partial charge in [0.15, 0.2) is 0 Å². The fourth-order valence-electron chi connectivity index (χ4n) is 2.52. The highest BCUT2D eigenvalue weighted by molar-refractivity contribution is 5.90. The highest BCUT2D eigenvalue weighted by Crippen LogP contribution is 2.26. The Bertz CT molecular complexity index is 587. The molecule has 0 aliphatic carbocycles. The number of benzene rings is 1. The average Bonchev–Trinajstić information content (AvgIpc) is 2.48. The van der Waals surface area contributed by atoms with Crippen LogP contribution in [-0.4, -0.2) is 42.8 Å². The van der Waals surface area contributed by atoms with Crippen molar-refractivity contribution in [1.29, 1.82) is 0 Å². The number of ether oxygens (including phenoxy) is 1. The van der Waals surface area contributed by atoms with E-state index in [1.54, 1.807) is 7.11 Å². The predicted octanol–water partition coefficient (Wildman–Crippen LogP) is 2.92. The number of para-hydroxylation sites is 1. The van der Waals surface area contributed by atoms with Gasteiger partial charge < -0.3 is 15.0 Å². The zero-order valence-corrected chi connectivity index (χ0v) is 13.3. The van der Waals surface area contributed by atoms with Gasteiger partial charge in [0.25, 0.3) is 0 Å². The standard InChI is InChI=1S/C16H24N4O/c1-5-17-16-18-14-10-8-7-9-13(14)15(19-16)20(6-2)12(3)11-21-4/h7-10,12H,5-6,11H2,1-4H3,(H,17,18,19). The molecule has 5 heteroatoms. The molecule has 0 fully saturated rings. The van der Waals surface area contributed by atoms with Gasteiger partial charge in [-0.15, -0.1) is 0 Å². The Balaban J connectivity index is 2.53. The highest BCUT2D eigenvalue weighted by atomic mass is 16.5. The number of likely N-dealkylation sites (N-methyl/N-ethyl adjacent to an activating group) is 1. The molecule has 1 heterocycles. The average molecular weight is 288 g/mol. The lowest BCUT2D eigenvalue weighted by atomic mass is 10.2. The van der Waals surface area contributed by atoms with Gasteiger partial charge in [-0.05, 0) is 32.9 Å². The van der Waals surface area contributed by atoms with Gasteiger partial charge in [-0.3, -0.25) is 0 Å². The molecule has 0 bridgehead atoms. The molecule has 5 nitrogen and oxygen atoms in total. The summed E-state index contributed by atoms with van der Waals surface area (Å²) in [7, 11) is 1.73. The van der Waals surface area contributed by atoms with Crippen molar-refractivity contribution in [3.63, 3.8) is 0 Å². The molecule has 0 saturated carbocycles. The molecule has 0 spiro atoms. The number of anilines is 2. The molecule has 0 aliphatic rings. The Kier molecular flexibility index (Phi) is 5.33. The maximum absolute atomic E-state index is 5.30. The molecule has 21 heavy (non-hydrogen) atoms. The molecule has 0 aliphatic heterocycles. The summed E-state index contributed by atoms with van der Waals surface area (Å²) in [5.41, 5.74) is 0.960. The molecular weight excluding hydrogens is 264 g/mol. The number of rotatable bonds is 7. The molecule has 0 amide bonds. The van der Waals surface area contributed by atoms with Crippen molar-refractivity contribution in [2.45, 2.75) is 26.8 Å². The van der Waals surface area contributed by atoms with Crippen LogP contribution >= 0.6 is 0 Å². The molecule has 0 saturated heterocycles. The number of nitrogens with one attached hydrogen (secondary N) is 1. The molecule has 1 aromatic carbocycles. The van der Waals surface area contributed by atoms with E-state index in [2.05, 4.69) is 35.1 Å². The molecule has 1 atom stereocenters. The van der Waals surface area contributed by atoms with Gasteiger partial charge in [0.1, 0.15) is 5.82 Å². The van der Waals surface area contributed by atoms with Gasteiger partial charge in [0, 0.05) is 25.6 Å². The Hall–Kier alpha value is -1.88. The van der Waals surface area contributed by atoms with Gasteiger partial charge in [-0.1, -0.05) is 12.1 Å². The Morgan fingerprint density at radius 2 is 2.00 bits per heavy atom. The molecule has 1 unspecified atom stereocenters. The minimum Gasteiger partial charge on any atom is -0.383 e. The van der Waals surface area contributed by atoms with Crippen LogP contribution in [0.3, 0.4) is 0 Å². The summed E-state index contributed by atoms with van der Waals surface area (Å²) >= 11 is 0. The fraction of sp³-hybridized carbons (Fsp3) is 0.500. The van der Waals surface area contributed by atoms with Crippen molar-refractivity contribution in [2.24, 2.45) is 0 Å². The Labute approximate surface area is 126 Å². The van der Waals surface area contributed by atoms with Gasteiger partial charge >= 0.3 is 0 Å². The minimum atomic E-state index is 0.257. The number of hydrogen-bond donors (Lipinski definition) is 1. The first kappa shape index (κ1) is 15.5. The van der Waals surface area contributed by atoms with Crippen molar-refractivity contribution in [1.82, 2.24) is 9.97 Å². The zero-order valence-electron chi connectivity index (χ0n) is 13.3. The van der Waals surface area contributed by atoms with E-state index in [1.165, 1.54) is 0 Å². The van der Waals surface area contributed by atoms with Crippen LogP contribution in [-0.2, 0) is 4.74 Å². The van der Waals surface area contributed by atoms with Crippen molar-refractivity contribution < 1.29 is 4.74 Å². The third-order valence-electron chi connectivity index (χ3n) is 3.47. The molecular formula is C16H24N4O. The summed E-state index contributed by atoms with van der Waals surface area (Å²) in [6, 6.07) is 8.38. The number of aromatic nitrogens is 2. The molecule has 0 radical (unpaired) electrons. The van der Waals surface area contributed by atoms with Crippen LogP contribution in [0, 0.1) is 0 Å². The van der Waals surface area contributed by atoms with Gasteiger partial charge in [-0.25, -0.2) is 4.98 Å². The van der Waals surface area contributed by atoms with Crippen LogP contribution in [0.15, 0.2) is 24.3 Å². The van der Waals surface area contributed by atoms with E-state index in [9.17, 15) is 0 Å². The van der Waals surface area contributed by atoms with Crippen LogP contribution < -0.4 is 10.2 Å². The molecule has 1 aromatic heterocycles. The second-order valence-corrected chi connectivity index (χ2v) is 5.01. The maximum atomic E-state index is 5.30. The Morgan fingerprint density at radius 3 is 2.67 bits per heavy atom. The lowest BCUT2D eigenvalue weighted by Crippen LogP contribution is -2.37. The normalized spacial score (nSPS) is 12.4. The Morgan fingerprint density at radius 1 is 1.24 bits per heavy atom. The second kappa shape index (κ2) is 7.22. The minimum absolute atomic E-state index is 0.257. The first-order chi connectivity index (χ1) is 10.2. The largest absolute Gasteiger partial charge is 0.383 e. The number of fused-ring (bicyclic) bond motifs is 1. The summed E-state index contributed by atoms with van der Waals surface area (Å²) in [4.78, 5) is 11.5. The van der Waals surface area contributed by atoms with Crippen LogP contribution in [0.2, 0.25) is 0 Å². The first-order valence-corrected chi connectivity index (χ1v) is 7.47. The monoisotopic (exact) mass is 288 g/mol. The molecule has 2 rings (SSSR count).